The number of ether oxygens (including phenoxy) is 1. The van der Waals surface area contributed by atoms with E-state index in [0.717, 1.165) is 51.4 Å². The second-order valence-corrected chi connectivity index (χ2v) is 18.9. The fraction of sp³-hybridized carbons (Fsp3) is 0.860. The molecule has 2 atom stereocenters. The molecule has 0 radical (unpaired) electrons. The highest BCUT2D eigenvalue weighted by Gasteiger charge is 2.19. The van der Waals surface area contributed by atoms with E-state index in [0.29, 0.717) is 32.3 Å². The van der Waals surface area contributed by atoms with Gasteiger partial charge in [0.25, 0.3) is 0 Å². The zero-order valence-corrected chi connectivity index (χ0v) is 42.1. The van der Waals surface area contributed by atoms with Gasteiger partial charge in [-0.15, -0.1) is 0 Å². The van der Waals surface area contributed by atoms with Gasteiger partial charge in [0.1, 0.15) is 0 Å². The van der Waals surface area contributed by atoms with E-state index in [9.17, 15) is 19.8 Å². The van der Waals surface area contributed by atoms with E-state index in [-0.39, 0.29) is 18.5 Å². The highest BCUT2D eigenvalue weighted by Crippen LogP contribution is 2.17. The fourth-order valence-corrected chi connectivity index (χ4v) is 8.39. The number of hydrogen-bond acceptors (Lipinski definition) is 5. The lowest BCUT2D eigenvalue weighted by Gasteiger charge is -2.22. The van der Waals surface area contributed by atoms with Crippen LogP contribution in [0.25, 0.3) is 0 Å². The van der Waals surface area contributed by atoms with Crippen LogP contribution in [-0.4, -0.2) is 47.4 Å². The van der Waals surface area contributed by atoms with Crippen LogP contribution >= 0.6 is 0 Å². The Hall–Kier alpha value is -1.92. The van der Waals surface area contributed by atoms with E-state index in [1.54, 1.807) is 0 Å². The van der Waals surface area contributed by atoms with Gasteiger partial charge in [-0.3, -0.25) is 9.59 Å². The molecule has 0 aromatic carbocycles. The second-order valence-electron chi connectivity index (χ2n) is 18.9. The van der Waals surface area contributed by atoms with Gasteiger partial charge in [0.2, 0.25) is 5.91 Å². The van der Waals surface area contributed by atoms with Crippen molar-refractivity contribution < 1.29 is 24.5 Å². The van der Waals surface area contributed by atoms with Gasteiger partial charge in [0.05, 0.1) is 25.4 Å². The number of esters is 1. The van der Waals surface area contributed by atoms with Crippen molar-refractivity contribution in [3.8, 4) is 0 Å². The second kappa shape index (κ2) is 52.7. The van der Waals surface area contributed by atoms with Crippen LogP contribution in [0, 0.1) is 0 Å². The van der Waals surface area contributed by atoms with E-state index >= 15 is 0 Å². The summed E-state index contributed by atoms with van der Waals surface area (Å²) in [6.07, 6.45) is 64.2. The van der Waals surface area contributed by atoms with Crippen molar-refractivity contribution in [1.29, 1.82) is 0 Å². The lowest BCUT2D eigenvalue weighted by atomic mass is 10.0. The number of nitrogens with one attached hydrogen (secondary N) is 1. The molecule has 0 spiro atoms. The minimum atomic E-state index is -0.700. The molecule has 0 fully saturated rings. The highest BCUT2D eigenvalue weighted by molar-refractivity contribution is 5.76. The van der Waals surface area contributed by atoms with Crippen LogP contribution < -0.4 is 5.32 Å². The Labute approximate surface area is 392 Å². The summed E-state index contributed by atoms with van der Waals surface area (Å²) in [6, 6.07) is -0.586. The first-order chi connectivity index (χ1) is 31.0. The number of carbonyl (C=O) groups excluding carboxylic acids is 2. The maximum absolute atomic E-state index is 12.4. The van der Waals surface area contributed by atoms with Gasteiger partial charge in [-0.1, -0.05) is 243 Å². The molecule has 0 heterocycles. The Morgan fingerprint density at radius 1 is 0.444 bits per heavy atom. The average molecular weight is 886 g/mol. The first kappa shape index (κ1) is 61.1. The Bertz CT molecular complexity index is 1020. The smallest absolute Gasteiger partial charge is 0.305 e. The Morgan fingerprint density at radius 2 is 0.810 bits per heavy atom. The van der Waals surface area contributed by atoms with Gasteiger partial charge >= 0.3 is 5.97 Å². The monoisotopic (exact) mass is 886 g/mol. The predicted molar refractivity (Wildman–Crippen MR) is 273 cm³/mol. The summed E-state index contributed by atoms with van der Waals surface area (Å²) in [5.41, 5.74) is 0. The molecule has 0 saturated heterocycles. The number of aliphatic hydroxyl groups is 2. The third-order valence-electron chi connectivity index (χ3n) is 12.7. The predicted octanol–water partition coefficient (Wildman–Crippen LogP) is 16.9. The largest absolute Gasteiger partial charge is 0.466 e. The quantitative estimate of drug-likeness (QED) is 0.0321. The number of hydrogen-bond donors (Lipinski definition) is 3. The number of carbonyl (C=O) groups is 2. The van der Waals surface area contributed by atoms with Crippen LogP contribution in [0.1, 0.15) is 290 Å². The molecule has 0 aromatic heterocycles. The fourth-order valence-electron chi connectivity index (χ4n) is 8.39. The summed E-state index contributed by atoms with van der Waals surface area (Å²) in [7, 11) is 0. The number of unbranched alkanes of at least 4 members (excludes halogenated alkanes) is 34. The first-order valence-corrected chi connectivity index (χ1v) is 27.7. The lowest BCUT2D eigenvalue weighted by Crippen LogP contribution is -2.45. The summed E-state index contributed by atoms with van der Waals surface area (Å²) >= 11 is 0. The van der Waals surface area contributed by atoms with Crippen LogP contribution in [0.5, 0.6) is 0 Å². The minimum absolute atomic E-state index is 0.0262. The van der Waals surface area contributed by atoms with Crippen LogP contribution in [-0.2, 0) is 14.3 Å². The third-order valence-corrected chi connectivity index (χ3v) is 12.7. The van der Waals surface area contributed by atoms with Crippen molar-refractivity contribution in [3.05, 3.63) is 36.5 Å². The summed E-state index contributed by atoms with van der Waals surface area (Å²) in [6.45, 7) is 4.88. The van der Waals surface area contributed by atoms with Crippen molar-refractivity contribution in [2.24, 2.45) is 0 Å². The molecule has 0 aliphatic heterocycles. The molecular weight excluding hydrogens is 779 g/mol. The van der Waals surface area contributed by atoms with Crippen molar-refractivity contribution in [2.45, 2.75) is 302 Å². The van der Waals surface area contributed by atoms with Crippen molar-refractivity contribution in [2.75, 3.05) is 13.2 Å². The Kier molecular flexibility index (Phi) is 51.1. The lowest BCUT2D eigenvalue weighted by molar-refractivity contribution is -0.143. The van der Waals surface area contributed by atoms with Gasteiger partial charge in [-0.05, 0) is 70.6 Å². The molecule has 0 aromatic rings. The SMILES string of the molecule is CCCCCC/C=C\CCCCCCCC(=O)OCCCCCCCC/C=C\C/C=C\CCC(=O)NC(CO)C(O)CCCCCCCCCCCCCCCCCCCCCC. The number of allylic oxidation sites excluding steroid dienone is 6. The molecule has 370 valence electrons. The number of aliphatic hydroxyl groups excluding tert-OH is 2. The molecule has 0 aliphatic carbocycles. The summed E-state index contributed by atoms with van der Waals surface area (Å²) < 4.78 is 5.44. The summed E-state index contributed by atoms with van der Waals surface area (Å²) in [4.78, 5) is 24.5. The standard InChI is InChI=1S/C57H107NO5/c1-3-5-7-9-11-13-15-17-18-19-20-21-22-23-26-29-33-37-41-45-49-55(60)54(53-59)58-56(61)50-46-42-38-34-30-27-24-28-32-36-40-44-48-52-63-57(62)51-47-43-39-35-31-25-16-14-12-10-8-6-4-2/h14,16,27,30,38,42,54-55,59-60H,3-13,15,17-26,28-29,31-37,39-41,43-53H2,1-2H3,(H,58,61)/b16-14-,30-27-,42-38-. The van der Waals surface area contributed by atoms with Crippen LogP contribution in [0.4, 0.5) is 0 Å². The average Bonchev–Trinajstić information content (AvgIpc) is 3.28. The molecule has 6 nitrogen and oxygen atoms in total. The molecule has 0 bridgehead atoms. The van der Waals surface area contributed by atoms with Gasteiger partial charge in [-0.25, -0.2) is 0 Å². The molecular formula is C57H107NO5. The number of rotatable bonds is 51. The van der Waals surface area contributed by atoms with Crippen LogP contribution in [0.2, 0.25) is 0 Å². The van der Waals surface area contributed by atoms with Gasteiger partial charge in [0.15, 0.2) is 0 Å². The van der Waals surface area contributed by atoms with E-state index in [1.807, 2.05) is 6.08 Å². The zero-order chi connectivity index (χ0) is 45.8. The molecule has 0 saturated carbocycles. The maximum atomic E-state index is 12.4. The van der Waals surface area contributed by atoms with Crippen LogP contribution in [0.15, 0.2) is 36.5 Å². The highest BCUT2D eigenvalue weighted by atomic mass is 16.5. The Morgan fingerprint density at radius 3 is 1.27 bits per heavy atom. The van der Waals surface area contributed by atoms with E-state index in [1.165, 1.54) is 199 Å². The number of amides is 1. The molecule has 3 N–H and O–H groups in total. The third kappa shape index (κ3) is 49.4. The van der Waals surface area contributed by atoms with Crippen molar-refractivity contribution in [3.63, 3.8) is 0 Å². The molecule has 6 heteroatoms. The van der Waals surface area contributed by atoms with E-state index < -0.39 is 12.1 Å². The first-order valence-electron chi connectivity index (χ1n) is 27.7. The van der Waals surface area contributed by atoms with Crippen LogP contribution in [0.3, 0.4) is 0 Å². The normalized spacial score (nSPS) is 12.9. The Balaban J connectivity index is 3.55. The molecule has 2 unspecified atom stereocenters. The maximum Gasteiger partial charge on any atom is 0.305 e. The minimum Gasteiger partial charge on any atom is -0.466 e. The molecule has 1 amide bonds. The summed E-state index contributed by atoms with van der Waals surface area (Å²) in [5, 5.41) is 23.2. The topological polar surface area (TPSA) is 95.9 Å². The molecule has 63 heavy (non-hydrogen) atoms. The zero-order valence-electron chi connectivity index (χ0n) is 42.1. The van der Waals surface area contributed by atoms with Gasteiger partial charge in [-0.2, -0.15) is 0 Å². The van der Waals surface area contributed by atoms with Crippen molar-refractivity contribution in [1.82, 2.24) is 5.32 Å². The van der Waals surface area contributed by atoms with E-state index in [2.05, 4.69) is 49.5 Å². The van der Waals surface area contributed by atoms with Gasteiger partial charge in [0, 0.05) is 12.8 Å². The van der Waals surface area contributed by atoms with Gasteiger partial charge < -0.3 is 20.3 Å². The molecule has 0 aliphatic rings. The molecule has 0 rings (SSSR count). The summed E-state index contributed by atoms with van der Waals surface area (Å²) in [5.74, 6) is -0.141. The van der Waals surface area contributed by atoms with Crippen molar-refractivity contribution >= 4 is 11.9 Å². The van der Waals surface area contributed by atoms with E-state index in [4.69, 9.17) is 4.74 Å².